The molecule has 0 amide bonds. The van der Waals surface area contributed by atoms with Gasteiger partial charge in [-0.05, 0) is 37.4 Å². The Hall–Kier alpha value is -0.800. The second-order valence-electron chi connectivity index (χ2n) is 4.65. The molecule has 2 rings (SSSR count). The van der Waals surface area contributed by atoms with Gasteiger partial charge in [0.2, 0.25) is 0 Å². The minimum absolute atomic E-state index is 0.314. The number of aryl methyl sites for hydroxylation is 1. The summed E-state index contributed by atoms with van der Waals surface area (Å²) >= 11 is 0. The number of piperidine rings is 1. The number of furan rings is 1. The molecule has 1 unspecified atom stereocenters. The molecule has 1 N–H and O–H groups in total. The summed E-state index contributed by atoms with van der Waals surface area (Å²) in [7, 11) is 0. The highest BCUT2D eigenvalue weighted by Crippen LogP contribution is 2.19. The molecule has 1 aliphatic heterocycles. The van der Waals surface area contributed by atoms with E-state index in [1.807, 2.05) is 0 Å². The van der Waals surface area contributed by atoms with Crippen LogP contribution in [0.15, 0.2) is 16.5 Å². The molecule has 0 aliphatic carbocycles. The lowest BCUT2D eigenvalue weighted by Crippen LogP contribution is -2.36. The van der Waals surface area contributed by atoms with Crippen molar-refractivity contribution in [1.82, 2.24) is 4.90 Å². The quantitative estimate of drug-likeness (QED) is 0.848. The van der Waals surface area contributed by atoms with Gasteiger partial charge in [0.1, 0.15) is 11.5 Å². The Balaban J connectivity index is 1.88. The van der Waals surface area contributed by atoms with E-state index in [-0.39, 0.29) is 0 Å². The van der Waals surface area contributed by atoms with Gasteiger partial charge in [0.05, 0.1) is 6.54 Å². The number of hydrogen-bond acceptors (Lipinski definition) is 3. The molecule has 1 aromatic heterocycles. The Bertz CT molecular complexity index is 321. The first-order valence-electron chi connectivity index (χ1n) is 6.22. The van der Waals surface area contributed by atoms with Crippen LogP contribution in [0, 0.1) is 5.92 Å². The van der Waals surface area contributed by atoms with Crippen molar-refractivity contribution in [3.63, 3.8) is 0 Å². The SMILES string of the molecule is CCc1ccc(CN2CCCC(CO)C2)o1. The van der Waals surface area contributed by atoms with E-state index in [0.29, 0.717) is 12.5 Å². The Kier molecular flexibility index (Phi) is 4.02. The number of rotatable bonds is 4. The van der Waals surface area contributed by atoms with Gasteiger partial charge < -0.3 is 9.52 Å². The molecule has 3 heteroatoms. The molecule has 2 heterocycles. The molecule has 0 aromatic carbocycles. The van der Waals surface area contributed by atoms with Gasteiger partial charge in [0.25, 0.3) is 0 Å². The van der Waals surface area contributed by atoms with Crippen molar-refractivity contribution in [1.29, 1.82) is 0 Å². The first-order chi connectivity index (χ1) is 7.81. The fraction of sp³-hybridized carbons (Fsp3) is 0.692. The van der Waals surface area contributed by atoms with Gasteiger partial charge in [0.15, 0.2) is 0 Å². The van der Waals surface area contributed by atoms with Crippen LogP contribution in [0.5, 0.6) is 0 Å². The molecule has 0 radical (unpaired) electrons. The van der Waals surface area contributed by atoms with Crippen LogP contribution in [-0.4, -0.2) is 29.7 Å². The zero-order valence-corrected chi connectivity index (χ0v) is 9.98. The van der Waals surface area contributed by atoms with E-state index in [4.69, 9.17) is 9.52 Å². The van der Waals surface area contributed by atoms with Crippen LogP contribution < -0.4 is 0 Å². The zero-order chi connectivity index (χ0) is 11.4. The van der Waals surface area contributed by atoms with Crippen molar-refractivity contribution in [2.45, 2.75) is 32.7 Å². The molecule has 1 fully saturated rings. The topological polar surface area (TPSA) is 36.6 Å². The Labute approximate surface area is 97.1 Å². The average molecular weight is 223 g/mol. The lowest BCUT2D eigenvalue weighted by molar-refractivity contribution is 0.110. The van der Waals surface area contributed by atoms with Crippen molar-refractivity contribution in [2.75, 3.05) is 19.7 Å². The number of nitrogens with zero attached hydrogens (tertiary/aromatic N) is 1. The summed E-state index contributed by atoms with van der Waals surface area (Å²) in [5.41, 5.74) is 0. The van der Waals surface area contributed by atoms with Crippen molar-refractivity contribution in [3.05, 3.63) is 23.7 Å². The van der Waals surface area contributed by atoms with Gasteiger partial charge in [-0.25, -0.2) is 0 Å². The third-order valence-corrected chi connectivity index (χ3v) is 3.31. The first-order valence-corrected chi connectivity index (χ1v) is 6.22. The van der Waals surface area contributed by atoms with E-state index in [1.165, 1.54) is 6.42 Å². The molecule has 0 spiro atoms. The Morgan fingerprint density at radius 2 is 2.25 bits per heavy atom. The molecule has 1 atom stereocenters. The van der Waals surface area contributed by atoms with E-state index < -0.39 is 0 Å². The Morgan fingerprint density at radius 1 is 1.44 bits per heavy atom. The Morgan fingerprint density at radius 3 is 2.94 bits per heavy atom. The molecule has 1 aromatic rings. The maximum absolute atomic E-state index is 9.17. The minimum Gasteiger partial charge on any atom is -0.465 e. The highest BCUT2D eigenvalue weighted by Gasteiger charge is 2.19. The standard InChI is InChI=1S/C13H21NO2/c1-2-12-5-6-13(16-12)9-14-7-3-4-11(8-14)10-15/h5-6,11,15H,2-4,7-10H2,1H3. The molecule has 3 nitrogen and oxygen atoms in total. The van der Waals surface area contributed by atoms with Gasteiger partial charge in [-0.15, -0.1) is 0 Å². The van der Waals surface area contributed by atoms with Gasteiger partial charge in [-0.3, -0.25) is 4.90 Å². The molecule has 90 valence electrons. The number of aliphatic hydroxyl groups is 1. The van der Waals surface area contributed by atoms with E-state index >= 15 is 0 Å². The predicted octanol–water partition coefficient (Wildman–Crippen LogP) is 2.05. The summed E-state index contributed by atoms with van der Waals surface area (Å²) in [5.74, 6) is 2.57. The fourth-order valence-corrected chi connectivity index (χ4v) is 2.36. The highest BCUT2D eigenvalue weighted by molar-refractivity contribution is 5.07. The van der Waals surface area contributed by atoms with Crippen molar-refractivity contribution < 1.29 is 9.52 Å². The van der Waals surface area contributed by atoms with Gasteiger partial charge >= 0.3 is 0 Å². The lowest BCUT2D eigenvalue weighted by atomic mass is 9.99. The smallest absolute Gasteiger partial charge is 0.118 e. The van der Waals surface area contributed by atoms with Crippen molar-refractivity contribution in [3.8, 4) is 0 Å². The third-order valence-electron chi connectivity index (χ3n) is 3.31. The normalized spacial score (nSPS) is 22.5. The van der Waals surface area contributed by atoms with Crippen molar-refractivity contribution >= 4 is 0 Å². The van der Waals surface area contributed by atoms with E-state index in [0.717, 1.165) is 44.0 Å². The van der Waals surface area contributed by atoms with Crippen molar-refractivity contribution in [2.24, 2.45) is 5.92 Å². The molecular formula is C13H21NO2. The van der Waals surface area contributed by atoms with Crippen LogP contribution in [0.1, 0.15) is 31.3 Å². The summed E-state index contributed by atoms with van der Waals surface area (Å²) in [4.78, 5) is 2.38. The third kappa shape index (κ3) is 2.86. The average Bonchev–Trinajstić information content (AvgIpc) is 2.77. The maximum Gasteiger partial charge on any atom is 0.118 e. The molecule has 0 bridgehead atoms. The molecule has 1 aliphatic rings. The number of aliphatic hydroxyl groups excluding tert-OH is 1. The first kappa shape index (κ1) is 11.7. The lowest BCUT2D eigenvalue weighted by Gasteiger charge is -2.30. The summed E-state index contributed by atoms with van der Waals surface area (Å²) in [6.07, 6.45) is 3.30. The maximum atomic E-state index is 9.17. The summed E-state index contributed by atoms with van der Waals surface area (Å²) in [6, 6.07) is 4.13. The molecule has 16 heavy (non-hydrogen) atoms. The van der Waals surface area contributed by atoms with Gasteiger partial charge in [0, 0.05) is 19.6 Å². The van der Waals surface area contributed by atoms with Crippen LogP contribution in [-0.2, 0) is 13.0 Å². The van der Waals surface area contributed by atoms with Gasteiger partial charge in [-0.1, -0.05) is 6.92 Å². The number of hydrogen-bond donors (Lipinski definition) is 1. The summed E-state index contributed by atoms with van der Waals surface area (Å²) in [6.45, 7) is 5.42. The second kappa shape index (κ2) is 5.51. The minimum atomic E-state index is 0.314. The monoisotopic (exact) mass is 223 g/mol. The second-order valence-corrected chi connectivity index (χ2v) is 4.65. The van der Waals surface area contributed by atoms with Crippen LogP contribution in [0.3, 0.4) is 0 Å². The molecule has 0 saturated carbocycles. The van der Waals surface area contributed by atoms with Crippen LogP contribution in [0.4, 0.5) is 0 Å². The molecular weight excluding hydrogens is 202 g/mol. The van der Waals surface area contributed by atoms with Crippen LogP contribution in [0.25, 0.3) is 0 Å². The van der Waals surface area contributed by atoms with E-state index in [9.17, 15) is 0 Å². The van der Waals surface area contributed by atoms with E-state index in [1.54, 1.807) is 0 Å². The highest BCUT2D eigenvalue weighted by atomic mass is 16.3. The summed E-state index contributed by atoms with van der Waals surface area (Å²) in [5, 5.41) is 9.17. The molecule has 1 saturated heterocycles. The number of likely N-dealkylation sites (tertiary alicyclic amines) is 1. The van der Waals surface area contributed by atoms with Crippen LogP contribution in [0.2, 0.25) is 0 Å². The largest absolute Gasteiger partial charge is 0.465 e. The summed E-state index contributed by atoms with van der Waals surface area (Å²) < 4.78 is 5.70. The fourth-order valence-electron chi connectivity index (χ4n) is 2.36. The predicted molar refractivity (Wildman–Crippen MR) is 63.2 cm³/mol. The van der Waals surface area contributed by atoms with Gasteiger partial charge in [-0.2, -0.15) is 0 Å². The zero-order valence-electron chi connectivity index (χ0n) is 9.98. The van der Waals surface area contributed by atoms with E-state index in [2.05, 4.69) is 24.0 Å². The van der Waals surface area contributed by atoms with Crippen LogP contribution >= 0.6 is 0 Å².